The highest BCUT2D eigenvalue weighted by molar-refractivity contribution is 7.99. The SMILES string of the molecule is C=CCn1c(SCC(=O)Nc2ccccc2OCC)nc2scc(-c3ccc(C)cc3)c2c1=O. The van der Waals surface area contributed by atoms with E-state index < -0.39 is 0 Å². The van der Waals surface area contributed by atoms with E-state index in [2.05, 4.69) is 11.9 Å². The minimum Gasteiger partial charge on any atom is -0.492 e. The molecule has 2 heterocycles. The van der Waals surface area contributed by atoms with Crippen LogP contribution in [0.25, 0.3) is 21.3 Å². The maximum absolute atomic E-state index is 13.5. The van der Waals surface area contributed by atoms with Gasteiger partial charge < -0.3 is 10.1 Å². The quantitative estimate of drug-likeness (QED) is 0.183. The molecule has 0 aliphatic carbocycles. The molecular formula is C26H25N3O3S2. The normalized spacial score (nSPS) is 10.9. The number of carbonyl (C=O) groups is 1. The van der Waals surface area contributed by atoms with Crippen molar-refractivity contribution in [2.45, 2.75) is 25.5 Å². The highest BCUT2D eigenvalue weighted by Crippen LogP contribution is 2.32. The number of amides is 1. The third kappa shape index (κ3) is 5.08. The van der Waals surface area contributed by atoms with E-state index in [1.54, 1.807) is 16.7 Å². The Kier molecular flexibility index (Phi) is 7.49. The van der Waals surface area contributed by atoms with Gasteiger partial charge in [-0.15, -0.1) is 17.9 Å². The maximum Gasteiger partial charge on any atom is 0.263 e. The number of thioether (sulfide) groups is 1. The van der Waals surface area contributed by atoms with Crippen molar-refractivity contribution in [2.75, 3.05) is 17.7 Å². The molecule has 0 unspecified atom stereocenters. The third-order valence-corrected chi connectivity index (χ3v) is 6.97. The summed E-state index contributed by atoms with van der Waals surface area (Å²) in [6, 6.07) is 15.4. The van der Waals surface area contributed by atoms with Crippen molar-refractivity contribution in [3.63, 3.8) is 0 Å². The van der Waals surface area contributed by atoms with Crippen molar-refractivity contribution in [1.82, 2.24) is 9.55 Å². The molecule has 1 amide bonds. The Morgan fingerprint density at radius 3 is 2.74 bits per heavy atom. The second-order valence-corrected chi connectivity index (χ2v) is 9.36. The molecule has 0 saturated heterocycles. The van der Waals surface area contributed by atoms with Crippen molar-refractivity contribution >= 4 is 44.9 Å². The van der Waals surface area contributed by atoms with Gasteiger partial charge in [0.25, 0.3) is 5.56 Å². The average molecular weight is 492 g/mol. The summed E-state index contributed by atoms with van der Waals surface area (Å²) in [4.78, 5) is 31.5. The van der Waals surface area contributed by atoms with E-state index in [1.165, 1.54) is 23.1 Å². The lowest BCUT2D eigenvalue weighted by Crippen LogP contribution is -2.23. The van der Waals surface area contributed by atoms with Gasteiger partial charge in [-0.1, -0.05) is 59.8 Å². The Morgan fingerprint density at radius 1 is 1.24 bits per heavy atom. The number of benzene rings is 2. The number of fused-ring (bicyclic) bond motifs is 1. The topological polar surface area (TPSA) is 73.2 Å². The fourth-order valence-electron chi connectivity index (χ4n) is 3.52. The van der Waals surface area contributed by atoms with E-state index >= 15 is 0 Å². The van der Waals surface area contributed by atoms with Crippen molar-refractivity contribution in [3.8, 4) is 16.9 Å². The lowest BCUT2D eigenvalue weighted by atomic mass is 10.1. The van der Waals surface area contributed by atoms with Crippen molar-refractivity contribution in [1.29, 1.82) is 0 Å². The van der Waals surface area contributed by atoms with Crippen LogP contribution in [0.3, 0.4) is 0 Å². The minimum atomic E-state index is -0.205. The fourth-order valence-corrected chi connectivity index (χ4v) is 5.32. The first-order chi connectivity index (χ1) is 16.5. The second-order valence-electron chi connectivity index (χ2n) is 7.56. The molecule has 174 valence electrons. The lowest BCUT2D eigenvalue weighted by Gasteiger charge is -2.12. The summed E-state index contributed by atoms with van der Waals surface area (Å²) < 4.78 is 7.15. The Morgan fingerprint density at radius 2 is 2.00 bits per heavy atom. The number of ether oxygens (including phenoxy) is 1. The van der Waals surface area contributed by atoms with E-state index in [0.29, 0.717) is 40.0 Å². The monoisotopic (exact) mass is 491 g/mol. The largest absolute Gasteiger partial charge is 0.492 e. The number of hydrogen-bond acceptors (Lipinski definition) is 6. The first-order valence-electron chi connectivity index (χ1n) is 10.9. The molecule has 0 fully saturated rings. The van der Waals surface area contributed by atoms with Crippen molar-refractivity contribution in [2.24, 2.45) is 0 Å². The third-order valence-electron chi connectivity index (χ3n) is 5.13. The van der Waals surface area contributed by atoms with Crippen LogP contribution in [0.1, 0.15) is 12.5 Å². The predicted molar refractivity (Wildman–Crippen MR) is 141 cm³/mol. The summed E-state index contributed by atoms with van der Waals surface area (Å²) >= 11 is 2.66. The number of carbonyl (C=O) groups excluding carboxylic acids is 1. The van der Waals surface area contributed by atoms with E-state index in [0.717, 1.165) is 16.7 Å². The van der Waals surface area contributed by atoms with Crippen molar-refractivity contribution < 1.29 is 9.53 Å². The number of hydrogen-bond donors (Lipinski definition) is 1. The Bertz CT molecular complexity index is 1390. The standard InChI is InChI=1S/C26H25N3O3S2/c1-4-14-29-25(31)23-19(18-12-10-17(3)11-13-18)15-33-24(23)28-26(29)34-16-22(30)27-20-8-6-7-9-21(20)32-5-2/h4,6-13,15H,1,5,14,16H2,2-3H3,(H,27,30). The van der Waals surface area contributed by atoms with Gasteiger partial charge in [0.15, 0.2) is 5.16 Å². The van der Waals surface area contributed by atoms with E-state index in [1.807, 2.05) is 61.7 Å². The van der Waals surface area contributed by atoms with Crippen LogP contribution in [-0.4, -0.2) is 27.8 Å². The molecule has 0 radical (unpaired) electrons. The molecule has 4 aromatic rings. The number of rotatable bonds is 9. The van der Waals surface area contributed by atoms with Gasteiger partial charge in [0.1, 0.15) is 10.6 Å². The number of allylic oxidation sites excluding steroid dienone is 1. The average Bonchev–Trinajstić information content (AvgIpc) is 3.26. The molecule has 1 N–H and O–H groups in total. The van der Waals surface area contributed by atoms with Crippen LogP contribution in [0, 0.1) is 6.92 Å². The molecule has 2 aromatic heterocycles. The van der Waals surface area contributed by atoms with Gasteiger partial charge in [-0.2, -0.15) is 0 Å². The van der Waals surface area contributed by atoms with Gasteiger partial charge in [-0.3, -0.25) is 14.2 Å². The number of aromatic nitrogens is 2. The van der Waals surface area contributed by atoms with E-state index in [-0.39, 0.29) is 17.2 Å². The minimum absolute atomic E-state index is 0.103. The van der Waals surface area contributed by atoms with E-state index in [4.69, 9.17) is 9.72 Å². The molecule has 0 aliphatic rings. The Hall–Kier alpha value is -3.36. The molecule has 4 rings (SSSR count). The maximum atomic E-state index is 13.5. The highest BCUT2D eigenvalue weighted by atomic mass is 32.2. The summed E-state index contributed by atoms with van der Waals surface area (Å²) in [5, 5.41) is 5.93. The smallest absolute Gasteiger partial charge is 0.263 e. The summed E-state index contributed by atoms with van der Waals surface area (Å²) in [5.74, 6) is 0.517. The first-order valence-corrected chi connectivity index (χ1v) is 12.7. The Balaban J connectivity index is 1.61. The predicted octanol–water partition coefficient (Wildman–Crippen LogP) is 5.75. The number of nitrogens with one attached hydrogen (secondary N) is 1. The van der Waals surface area contributed by atoms with Gasteiger partial charge in [0.2, 0.25) is 5.91 Å². The molecule has 8 heteroatoms. The first kappa shape index (κ1) is 23.8. The summed E-state index contributed by atoms with van der Waals surface area (Å²) in [7, 11) is 0. The Labute approximate surface area is 206 Å². The summed E-state index contributed by atoms with van der Waals surface area (Å²) in [5.41, 5.74) is 3.49. The molecule has 0 saturated carbocycles. The second kappa shape index (κ2) is 10.7. The van der Waals surface area contributed by atoms with Crippen molar-refractivity contribution in [3.05, 3.63) is 82.5 Å². The summed E-state index contributed by atoms with van der Waals surface area (Å²) in [6.45, 7) is 8.52. The molecule has 0 atom stereocenters. The molecule has 34 heavy (non-hydrogen) atoms. The van der Waals surface area contributed by atoms with Gasteiger partial charge >= 0.3 is 0 Å². The number of nitrogens with zero attached hydrogens (tertiary/aromatic N) is 2. The summed E-state index contributed by atoms with van der Waals surface area (Å²) in [6.07, 6.45) is 1.66. The van der Waals surface area contributed by atoms with E-state index in [9.17, 15) is 9.59 Å². The van der Waals surface area contributed by atoms with Crippen LogP contribution in [0.5, 0.6) is 5.75 Å². The van der Waals surface area contributed by atoms with Crippen LogP contribution >= 0.6 is 23.1 Å². The molecule has 0 aliphatic heterocycles. The molecule has 6 nitrogen and oxygen atoms in total. The molecule has 0 spiro atoms. The molecular weight excluding hydrogens is 466 g/mol. The zero-order valence-corrected chi connectivity index (χ0v) is 20.7. The van der Waals surface area contributed by atoms with Gasteiger partial charge in [-0.05, 0) is 31.5 Å². The number of anilines is 1. The number of para-hydroxylation sites is 2. The van der Waals surface area contributed by atoms with Crippen LogP contribution in [0.2, 0.25) is 0 Å². The zero-order valence-electron chi connectivity index (χ0n) is 19.0. The van der Waals surface area contributed by atoms with Crippen LogP contribution in [-0.2, 0) is 11.3 Å². The fraction of sp³-hybridized carbons (Fsp3) is 0.192. The molecule has 0 bridgehead atoms. The zero-order chi connectivity index (χ0) is 24.1. The van der Waals surface area contributed by atoms with Crippen LogP contribution in [0.15, 0.2) is 76.5 Å². The van der Waals surface area contributed by atoms with Crippen LogP contribution < -0.4 is 15.6 Å². The number of aryl methyl sites for hydroxylation is 1. The van der Waals surface area contributed by atoms with Crippen LogP contribution in [0.4, 0.5) is 5.69 Å². The highest BCUT2D eigenvalue weighted by Gasteiger charge is 2.18. The van der Waals surface area contributed by atoms with Gasteiger partial charge in [-0.25, -0.2) is 4.98 Å². The van der Waals surface area contributed by atoms with Gasteiger partial charge in [0.05, 0.1) is 23.4 Å². The van der Waals surface area contributed by atoms with Gasteiger partial charge in [0, 0.05) is 17.5 Å². The number of thiophene rings is 1. The molecule has 2 aromatic carbocycles. The lowest BCUT2D eigenvalue weighted by molar-refractivity contribution is -0.113.